The third-order valence-electron chi connectivity index (χ3n) is 2.96. The van der Waals surface area contributed by atoms with Gasteiger partial charge in [0.25, 0.3) is 0 Å². The van der Waals surface area contributed by atoms with E-state index < -0.39 is 0 Å². The second kappa shape index (κ2) is 6.89. The molecule has 0 bridgehead atoms. The van der Waals surface area contributed by atoms with Gasteiger partial charge in [-0.2, -0.15) is 5.10 Å². The van der Waals surface area contributed by atoms with Gasteiger partial charge in [-0.3, -0.25) is 9.48 Å². The molecule has 0 saturated carbocycles. The van der Waals surface area contributed by atoms with Crippen LogP contribution in [0.3, 0.4) is 0 Å². The van der Waals surface area contributed by atoms with Gasteiger partial charge in [-0.1, -0.05) is 18.2 Å². The molecule has 106 valence electrons. The number of para-hydroxylation sites is 1. The van der Waals surface area contributed by atoms with Crippen LogP contribution in [0.15, 0.2) is 42.6 Å². The molecule has 0 radical (unpaired) electrons. The highest BCUT2D eigenvalue weighted by molar-refractivity contribution is 5.80. The first-order chi connectivity index (χ1) is 9.65. The summed E-state index contributed by atoms with van der Waals surface area (Å²) >= 11 is 0. The van der Waals surface area contributed by atoms with Crippen molar-refractivity contribution < 1.29 is 9.53 Å². The van der Waals surface area contributed by atoms with E-state index in [0.29, 0.717) is 25.5 Å². The van der Waals surface area contributed by atoms with Gasteiger partial charge in [-0.25, -0.2) is 0 Å². The Balaban J connectivity index is 1.75. The zero-order chi connectivity index (χ0) is 14.4. The molecule has 0 fully saturated rings. The van der Waals surface area contributed by atoms with Crippen molar-refractivity contribution >= 4 is 5.78 Å². The molecule has 4 heteroatoms. The van der Waals surface area contributed by atoms with Gasteiger partial charge in [0.15, 0.2) is 0 Å². The molecule has 0 unspecified atom stereocenters. The molecule has 0 aliphatic rings. The van der Waals surface area contributed by atoms with Gasteiger partial charge in [0.05, 0.1) is 18.7 Å². The fourth-order valence-corrected chi connectivity index (χ4v) is 1.85. The van der Waals surface area contributed by atoms with Crippen molar-refractivity contribution in [3.05, 3.63) is 48.3 Å². The summed E-state index contributed by atoms with van der Waals surface area (Å²) in [5.74, 6) is 0.944. The third-order valence-corrected chi connectivity index (χ3v) is 2.96. The highest BCUT2D eigenvalue weighted by Crippen LogP contribution is 2.09. The van der Waals surface area contributed by atoms with Crippen LogP contribution < -0.4 is 4.74 Å². The monoisotopic (exact) mass is 272 g/mol. The predicted octanol–water partition coefficient (Wildman–Crippen LogP) is 3.04. The highest BCUT2D eigenvalue weighted by atomic mass is 16.5. The Morgan fingerprint density at radius 2 is 2.00 bits per heavy atom. The molecule has 0 spiro atoms. The van der Waals surface area contributed by atoms with Crippen molar-refractivity contribution in [3.63, 3.8) is 0 Å². The molecule has 0 aliphatic carbocycles. The zero-order valence-corrected chi connectivity index (χ0v) is 12.0. The van der Waals surface area contributed by atoms with E-state index in [1.54, 1.807) is 0 Å². The third kappa shape index (κ3) is 4.23. The fraction of sp³-hybridized carbons (Fsp3) is 0.375. The average molecular weight is 272 g/mol. The molecule has 2 rings (SSSR count). The number of benzene rings is 1. The summed E-state index contributed by atoms with van der Waals surface area (Å²) in [7, 11) is 0. The number of carbonyl (C=O) groups excluding carboxylic acids is 1. The Labute approximate surface area is 119 Å². The smallest absolute Gasteiger partial charge is 0.142 e. The van der Waals surface area contributed by atoms with Crippen molar-refractivity contribution in [2.75, 3.05) is 6.61 Å². The van der Waals surface area contributed by atoms with Gasteiger partial charge in [0.1, 0.15) is 11.5 Å². The first-order valence-corrected chi connectivity index (χ1v) is 6.88. The fourth-order valence-electron chi connectivity index (χ4n) is 1.85. The lowest BCUT2D eigenvalue weighted by Crippen LogP contribution is -2.10. The van der Waals surface area contributed by atoms with Crippen LogP contribution in [0.4, 0.5) is 0 Å². The van der Waals surface area contributed by atoms with Crippen molar-refractivity contribution in [2.24, 2.45) is 0 Å². The normalized spacial score (nSPS) is 10.8. The van der Waals surface area contributed by atoms with E-state index >= 15 is 0 Å². The van der Waals surface area contributed by atoms with Crippen LogP contribution in [0.1, 0.15) is 32.0 Å². The number of Topliss-reactive ketones (excluding diaryl/α,β-unsaturated/α-hetero) is 1. The quantitative estimate of drug-likeness (QED) is 0.778. The molecule has 20 heavy (non-hydrogen) atoms. The van der Waals surface area contributed by atoms with E-state index in [0.717, 1.165) is 11.4 Å². The number of hydrogen-bond donors (Lipinski definition) is 0. The maximum Gasteiger partial charge on any atom is 0.142 e. The first-order valence-electron chi connectivity index (χ1n) is 6.88. The summed E-state index contributed by atoms with van der Waals surface area (Å²) in [4.78, 5) is 11.9. The van der Waals surface area contributed by atoms with Gasteiger partial charge in [0.2, 0.25) is 0 Å². The largest absolute Gasteiger partial charge is 0.493 e. The van der Waals surface area contributed by atoms with Crippen LogP contribution in [0.2, 0.25) is 0 Å². The maximum absolute atomic E-state index is 11.9. The second-order valence-corrected chi connectivity index (χ2v) is 5.01. The van der Waals surface area contributed by atoms with E-state index in [4.69, 9.17) is 4.74 Å². The Bertz CT molecular complexity index is 547. The number of ether oxygens (including phenoxy) is 1. The van der Waals surface area contributed by atoms with Crippen molar-refractivity contribution in [3.8, 4) is 5.75 Å². The van der Waals surface area contributed by atoms with Crippen LogP contribution in [-0.4, -0.2) is 22.2 Å². The molecular formula is C16H20N2O2. The summed E-state index contributed by atoms with van der Waals surface area (Å²) in [6.45, 7) is 4.53. The predicted molar refractivity (Wildman–Crippen MR) is 77.9 cm³/mol. The first kappa shape index (κ1) is 14.3. The van der Waals surface area contributed by atoms with E-state index in [-0.39, 0.29) is 5.78 Å². The summed E-state index contributed by atoms with van der Waals surface area (Å²) in [5.41, 5.74) is 0.823. The molecule has 0 saturated heterocycles. The number of carbonyl (C=O) groups is 1. The summed E-state index contributed by atoms with van der Waals surface area (Å²) in [5, 5.41) is 4.37. The van der Waals surface area contributed by atoms with E-state index in [1.165, 1.54) is 0 Å². The Morgan fingerprint density at radius 1 is 1.25 bits per heavy atom. The second-order valence-electron chi connectivity index (χ2n) is 5.01. The van der Waals surface area contributed by atoms with Gasteiger partial charge in [-0.05, 0) is 32.0 Å². The van der Waals surface area contributed by atoms with E-state index in [9.17, 15) is 4.79 Å². The van der Waals surface area contributed by atoms with Crippen LogP contribution in [0.5, 0.6) is 5.75 Å². The number of ketones is 1. The van der Waals surface area contributed by atoms with Crippen molar-refractivity contribution in [1.82, 2.24) is 9.78 Å². The number of aromatic nitrogens is 2. The lowest BCUT2D eigenvalue weighted by Gasteiger charge is -2.05. The number of rotatable bonds is 7. The molecule has 1 aromatic heterocycles. The van der Waals surface area contributed by atoms with Crippen LogP contribution >= 0.6 is 0 Å². The molecule has 0 amide bonds. The minimum atomic E-state index is 0.148. The maximum atomic E-state index is 11.9. The highest BCUT2D eigenvalue weighted by Gasteiger charge is 2.08. The summed E-state index contributed by atoms with van der Waals surface area (Å²) in [6, 6.07) is 11.7. The van der Waals surface area contributed by atoms with Crippen LogP contribution in [0, 0.1) is 0 Å². The summed E-state index contributed by atoms with van der Waals surface area (Å²) < 4.78 is 7.38. The molecule has 1 aromatic carbocycles. The van der Waals surface area contributed by atoms with E-state index in [2.05, 4.69) is 18.9 Å². The van der Waals surface area contributed by atoms with Gasteiger partial charge in [-0.15, -0.1) is 0 Å². The lowest BCUT2D eigenvalue weighted by molar-refractivity contribution is -0.118. The number of nitrogens with zero attached hydrogens (tertiary/aromatic N) is 2. The molecule has 0 N–H and O–H groups in total. The molecule has 0 aliphatic heterocycles. The molecule has 2 aromatic rings. The van der Waals surface area contributed by atoms with Gasteiger partial charge < -0.3 is 4.74 Å². The van der Waals surface area contributed by atoms with Crippen molar-refractivity contribution in [2.45, 2.75) is 32.7 Å². The molecule has 4 nitrogen and oxygen atoms in total. The zero-order valence-electron chi connectivity index (χ0n) is 12.0. The summed E-state index contributed by atoms with van der Waals surface area (Å²) in [6.07, 6.45) is 2.69. The Morgan fingerprint density at radius 3 is 2.65 bits per heavy atom. The number of hydrogen-bond acceptors (Lipinski definition) is 3. The van der Waals surface area contributed by atoms with Gasteiger partial charge >= 0.3 is 0 Å². The van der Waals surface area contributed by atoms with Crippen molar-refractivity contribution in [1.29, 1.82) is 0 Å². The Kier molecular flexibility index (Phi) is 4.93. The Hall–Kier alpha value is -2.10. The van der Waals surface area contributed by atoms with Gasteiger partial charge in [0, 0.05) is 18.7 Å². The topological polar surface area (TPSA) is 44.1 Å². The lowest BCUT2D eigenvalue weighted by atomic mass is 10.2. The minimum absolute atomic E-state index is 0.148. The molecule has 1 heterocycles. The van der Waals surface area contributed by atoms with E-state index in [1.807, 2.05) is 47.3 Å². The molecule has 0 atom stereocenters. The standard InChI is InChI=1S/C16H20N2O2/c1-13(2)18-10-8-14(17-18)12-15(19)9-11-20-16-6-4-3-5-7-16/h3-8,10,13H,9,11-12H2,1-2H3. The minimum Gasteiger partial charge on any atom is -0.493 e. The SMILES string of the molecule is CC(C)n1ccc(CC(=O)CCOc2ccccc2)n1. The van der Waals surface area contributed by atoms with Crippen LogP contribution in [-0.2, 0) is 11.2 Å². The molecular weight excluding hydrogens is 252 g/mol. The average Bonchev–Trinajstić information content (AvgIpc) is 2.88. The van der Waals surface area contributed by atoms with Crippen LogP contribution in [0.25, 0.3) is 0 Å².